The molecule has 0 aromatic heterocycles. The summed E-state index contributed by atoms with van der Waals surface area (Å²) in [4.78, 5) is 37.6. The first-order valence-electron chi connectivity index (χ1n) is 41.0. The molecule has 0 rings (SSSR count). The minimum atomic E-state index is -1.63. The normalized spacial score (nSPS) is 13.4. The van der Waals surface area contributed by atoms with Crippen molar-refractivity contribution in [2.24, 2.45) is 0 Å². The van der Waals surface area contributed by atoms with Crippen molar-refractivity contribution in [3.63, 3.8) is 0 Å². The molecular formula is C90H153NO8. The smallest absolute Gasteiger partial charge is 0.306 e. The van der Waals surface area contributed by atoms with Gasteiger partial charge in [0.25, 0.3) is 0 Å². The highest BCUT2D eigenvalue weighted by atomic mass is 16.7. The lowest BCUT2D eigenvalue weighted by molar-refractivity contribution is -0.870. The fourth-order valence-electron chi connectivity index (χ4n) is 11.4. The number of quaternary nitrogens is 1. The average Bonchev–Trinajstić information content (AvgIpc) is 2.19. The van der Waals surface area contributed by atoms with Gasteiger partial charge >= 0.3 is 11.9 Å². The number of nitrogens with zero attached hydrogens (tertiary/aromatic N) is 1. The van der Waals surface area contributed by atoms with Crippen molar-refractivity contribution in [1.29, 1.82) is 0 Å². The molecule has 0 spiro atoms. The molecule has 0 aromatic rings. The SMILES string of the molecule is CC/C=C\C/C=C\C/C=C\C/C=C\C/C=C\C/C=C\C/C=C\C/C=C\CCCCCCCCCCCCCCC(=O)OC(COC(=O)CCCCCCCCCCCCCCCCCCCCCCCCCC/C=C\C/C=C\C/C=C\C/C=C\CC)COC(OCC[N+](C)(C)C)C(=O)[O-]. The highest BCUT2D eigenvalue weighted by Crippen LogP contribution is 2.19. The number of allylic oxidation sites excluding steroid dienone is 24. The van der Waals surface area contributed by atoms with Crippen LogP contribution in [-0.2, 0) is 33.3 Å². The van der Waals surface area contributed by atoms with E-state index in [2.05, 4.69) is 160 Å². The highest BCUT2D eigenvalue weighted by molar-refractivity contribution is 5.70. The minimum absolute atomic E-state index is 0.144. The summed E-state index contributed by atoms with van der Waals surface area (Å²) in [6.07, 6.45) is 113. The van der Waals surface area contributed by atoms with E-state index in [-0.39, 0.29) is 38.6 Å². The molecule has 0 amide bonds. The Morgan fingerprint density at radius 1 is 0.303 bits per heavy atom. The number of carbonyl (C=O) groups excluding carboxylic acids is 3. The van der Waals surface area contributed by atoms with Crippen LogP contribution in [0.3, 0.4) is 0 Å². The van der Waals surface area contributed by atoms with E-state index in [9.17, 15) is 19.5 Å². The molecule has 2 unspecified atom stereocenters. The number of hydrogen-bond donors (Lipinski definition) is 0. The van der Waals surface area contributed by atoms with Crippen LogP contribution in [0, 0.1) is 0 Å². The van der Waals surface area contributed by atoms with Crippen molar-refractivity contribution in [2.75, 3.05) is 47.5 Å². The summed E-state index contributed by atoms with van der Waals surface area (Å²) in [6.45, 7) is 4.55. The van der Waals surface area contributed by atoms with Crippen molar-refractivity contribution < 1.29 is 42.9 Å². The van der Waals surface area contributed by atoms with Gasteiger partial charge in [-0.05, 0) is 116 Å². The molecule has 0 aliphatic rings. The molecule has 0 aliphatic carbocycles. The molecule has 0 fully saturated rings. The maximum absolute atomic E-state index is 13.0. The summed E-state index contributed by atoms with van der Waals surface area (Å²) < 4.78 is 22.9. The summed E-state index contributed by atoms with van der Waals surface area (Å²) >= 11 is 0. The minimum Gasteiger partial charge on any atom is -0.545 e. The predicted octanol–water partition coefficient (Wildman–Crippen LogP) is 25.3. The van der Waals surface area contributed by atoms with E-state index < -0.39 is 24.3 Å². The van der Waals surface area contributed by atoms with Crippen molar-refractivity contribution in [1.82, 2.24) is 0 Å². The predicted molar refractivity (Wildman–Crippen MR) is 426 cm³/mol. The molecular weight excluding hydrogens is 1220 g/mol. The van der Waals surface area contributed by atoms with Crippen LogP contribution in [-0.4, -0.2) is 82.3 Å². The zero-order valence-electron chi connectivity index (χ0n) is 64.8. The van der Waals surface area contributed by atoms with Crippen LogP contribution in [0.4, 0.5) is 0 Å². The number of hydrogen-bond acceptors (Lipinski definition) is 8. The second kappa shape index (κ2) is 78.9. The Bertz CT molecular complexity index is 2150. The first-order chi connectivity index (χ1) is 48.6. The Morgan fingerprint density at radius 2 is 0.545 bits per heavy atom. The fraction of sp³-hybridized carbons (Fsp3) is 0.700. The second-order valence-corrected chi connectivity index (χ2v) is 28.3. The number of rotatable bonds is 75. The third-order valence-corrected chi connectivity index (χ3v) is 17.6. The highest BCUT2D eigenvalue weighted by Gasteiger charge is 2.22. The first kappa shape index (κ1) is 94.2. The second-order valence-electron chi connectivity index (χ2n) is 28.3. The van der Waals surface area contributed by atoms with E-state index in [1.54, 1.807) is 0 Å². The van der Waals surface area contributed by atoms with Crippen LogP contribution in [0.1, 0.15) is 348 Å². The Morgan fingerprint density at radius 3 is 0.808 bits per heavy atom. The van der Waals surface area contributed by atoms with Gasteiger partial charge in [-0.2, -0.15) is 0 Å². The van der Waals surface area contributed by atoms with E-state index in [1.807, 2.05) is 21.1 Å². The van der Waals surface area contributed by atoms with Gasteiger partial charge in [-0.15, -0.1) is 0 Å². The Balaban J connectivity index is 4.03. The molecule has 0 aliphatic heterocycles. The summed E-state index contributed by atoms with van der Waals surface area (Å²) in [6, 6.07) is 0. The van der Waals surface area contributed by atoms with Crippen molar-refractivity contribution in [2.45, 2.75) is 360 Å². The molecule has 2 atom stereocenters. The molecule has 99 heavy (non-hydrogen) atoms. The monoisotopic (exact) mass is 1380 g/mol. The fourth-order valence-corrected chi connectivity index (χ4v) is 11.4. The topological polar surface area (TPSA) is 111 Å². The Kier molecular flexibility index (Phi) is 75.0. The number of carbonyl (C=O) groups is 3. The van der Waals surface area contributed by atoms with Gasteiger partial charge in [-0.25, -0.2) is 0 Å². The molecule has 0 heterocycles. The van der Waals surface area contributed by atoms with Crippen molar-refractivity contribution in [3.8, 4) is 0 Å². The van der Waals surface area contributed by atoms with Crippen molar-refractivity contribution in [3.05, 3.63) is 146 Å². The maximum Gasteiger partial charge on any atom is 0.306 e. The molecule has 566 valence electrons. The lowest BCUT2D eigenvalue weighted by Gasteiger charge is -2.26. The lowest BCUT2D eigenvalue weighted by atomic mass is 10.0. The molecule has 0 saturated heterocycles. The molecule has 0 aromatic carbocycles. The van der Waals surface area contributed by atoms with Crippen LogP contribution >= 0.6 is 0 Å². The molecule has 9 heteroatoms. The van der Waals surface area contributed by atoms with Gasteiger partial charge in [0.15, 0.2) is 12.4 Å². The van der Waals surface area contributed by atoms with Crippen LogP contribution < -0.4 is 5.11 Å². The zero-order valence-corrected chi connectivity index (χ0v) is 64.8. The largest absolute Gasteiger partial charge is 0.545 e. The number of carboxylic acid groups (broad SMARTS) is 1. The van der Waals surface area contributed by atoms with Gasteiger partial charge in [-0.1, -0.05) is 365 Å². The van der Waals surface area contributed by atoms with E-state index >= 15 is 0 Å². The Hall–Kier alpha value is -4.83. The summed E-state index contributed by atoms with van der Waals surface area (Å²) in [5.74, 6) is -2.28. The van der Waals surface area contributed by atoms with Gasteiger partial charge < -0.3 is 33.3 Å². The number of unbranched alkanes of at least 4 members (excludes halogenated alkanes) is 36. The number of esters is 2. The molecule has 0 saturated carbocycles. The van der Waals surface area contributed by atoms with E-state index in [1.165, 1.54) is 199 Å². The van der Waals surface area contributed by atoms with Gasteiger partial charge in [0.05, 0.1) is 40.3 Å². The van der Waals surface area contributed by atoms with Crippen molar-refractivity contribution >= 4 is 17.9 Å². The number of aliphatic carboxylic acids is 1. The third-order valence-electron chi connectivity index (χ3n) is 17.6. The number of carboxylic acids is 1. The van der Waals surface area contributed by atoms with E-state index in [0.29, 0.717) is 17.4 Å². The van der Waals surface area contributed by atoms with E-state index in [0.717, 1.165) is 116 Å². The molecule has 0 bridgehead atoms. The summed E-state index contributed by atoms with van der Waals surface area (Å²) in [5, 5.41) is 11.9. The zero-order chi connectivity index (χ0) is 71.8. The van der Waals surface area contributed by atoms with Gasteiger partial charge in [0.1, 0.15) is 13.2 Å². The van der Waals surface area contributed by atoms with Gasteiger partial charge in [0, 0.05) is 12.8 Å². The average molecular weight is 1380 g/mol. The maximum atomic E-state index is 13.0. The quantitative estimate of drug-likeness (QED) is 0.0195. The first-order valence-corrected chi connectivity index (χ1v) is 41.0. The number of ether oxygens (including phenoxy) is 4. The van der Waals surface area contributed by atoms with Crippen LogP contribution in [0.15, 0.2) is 146 Å². The van der Waals surface area contributed by atoms with Crippen LogP contribution in [0.5, 0.6) is 0 Å². The summed E-state index contributed by atoms with van der Waals surface area (Å²) in [5.41, 5.74) is 0. The number of likely N-dealkylation sites (N-methyl/N-ethyl adjacent to an activating group) is 1. The standard InChI is InChI=1S/C90H153NO8/c1-6-8-10-12-14-16-18-20-22-24-26-28-30-32-34-36-38-40-42-44-46-48-50-52-54-56-58-60-62-64-66-68-70-72-74-76-78-80-87(92)97-84-86(85-98-90(89(94)95)96-83-82-91(3,4)5)99-88(93)81-79-77-75-73-71-69-67-65-63-61-59-57-55-53-51-49-47-45-43-41-39-37-35-33-31-29-27-25-23-21-19-17-15-13-11-9-7-2/h8-11,14-17,20-23,26-29,33,35,39,41,45,47,51,53,86,90H,6-7,12-13,18-19,24-25,30-32,34,36-38,40,42-44,46,48-50,52,54-85H2,1-5H3/b10-8-,11-9-,16-14-,17-15-,22-20-,23-21-,28-26-,29-27-,35-33-,41-39-,47-45-,53-51-. The van der Waals surface area contributed by atoms with Gasteiger partial charge in [0.2, 0.25) is 0 Å². The summed E-state index contributed by atoms with van der Waals surface area (Å²) in [7, 11) is 5.94. The van der Waals surface area contributed by atoms with Crippen LogP contribution in [0.2, 0.25) is 0 Å². The van der Waals surface area contributed by atoms with Gasteiger partial charge in [-0.3, -0.25) is 9.59 Å². The molecule has 0 N–H and O–H groups in total. The van der Waals surface area contributed by atoms with E-state index in [4.69, 9.17) is 18.9 Å². The molecule has 0 radical (unpaired) electrons. The molecule has 9 nitrogen and oxygen atoms in total. The Labute approximate surface area is 611 Å². The van der Waals surface area contributed by atoms with Crippen LogP contribution in [0.25, 0.3) is 0 Å². The third kappa shape index (κ3) is 80.4. The lowest BCUT2D eigenvalue weighted by Crippen LogP contribution is -2.44.